The van der Waals surface area contributed by atoms with Gasteiger partial charge in [-0.3, -0.25) is 9.59 Å². The first-order valence-electron chi connectivity index (χ1n) is 8.48. The SMILES string of the molecule is O=C(Nc1cccc(-n2cccn2)c1)C1CCCN1C(=O)c1ccco1. The molecule has 1 N–H and O–H groups in total. The summed E-state index contributed by atoms with van der Waals surface area (Å²) in [6.45, 7) is 0.547. The van der Waals surface area contributed by atoms with Gasteiger partial charge in [-0.25, -0.2) is 4.68 Å². The van der Waals surface area contributed by atoms with Gasteiger partial charge in [0.25, 0.3) is 5.91 Å². The number of nitrogens with one attached hydrogen (secondary N) is 1. The number of benzene rings is 1. The van der Waals surface area contributed by atoms with E-state index in [2.05, 4.69) is 10.4 Å². The highest BCUT2D eigenvalue weighted by molar-refractivity contribution is 6.00. The fourth-order valence-corrected chi connectivity index (χ4v) is 3.20. The van der Waals surface area contributed by atoms with E-state index in [4.69, 9.17) is 4.42 Å². The average Bonchev–Trinajstić information content (AvgIpc) is 3.44. The van der Waals surface area contributed by atoms with Gasteiger partial charge in [0.15, 0.2) is 5.76 Å². The highest BCUT2D eigenvalue weighted by atomic mass is 16.3. The highest BCUT2D eigenvalue weighted by Gasteiger charge is 2.35. The fourth-order valence-electron chi connectivity index (χ4n) is 3.20. The third kappa shape index (κ3) is 3.11. The summed E-state index contributed by atoms with van der Waals surface area (Å²) in [5.41, 5.74) is 1.52. The van der Waals surface area contributed by atoms with Crippen LogP contribution in [-0.2, 0) is 4.79 Å². The summed E-state index contributed by atoms with van der Waals surface area (Å²) in [4.78, 5) is 26.8. The zero-order valence-electron chi connectivity index (χ0n) is 14.0. The first-order chi connectivity index (χ1) is 12.7. The van der Waals surface area contributed by atoms with Crippen molar-refractivity contribution in [3.05, 3.63) is 66.9 Å². The highest BCUT2D eigenvalue weighted by Crippen LogP contribution is 2.22. The van der Waals surface area contributed by atoms with Crippen molar-refractivity contribution in [2.75, 3.05) is 11.9 Å². The molecule has 1 atom stereocenters. The number of hydrogen-bond donors (Lipinski definition) is 1. The molecule has 1 unspecified atom stereocenters. The molecule has 2 aromatic heterocycles. The zero-order chi connectivity index (χ0) is 17.9. The molecule has 0 saturated carbocycles. The lowest BCUT2D eigenvalue weighted by atomic mass is 10.2. The Bertz CT molecular complexity index is 903. The molecule has 7 heteroatoms. The minimum Gasteiger partial charge on any atom is -0.459 e. The second-order valence-corrected chi connectivity index (χ2v) is 6.12. The van der Waals surface area contributed by atoms with Gasteiger partial charge >= 0.3 is 0 Å². The molecule has 7 nitrogen and oxygen atoms in total. The summed E-state index contributed by atoms with van der Waals surface area (Å²) >= 11 is 0. The number of furan rings is 1. The van der Waals surface area contributed by atoms with E-state index >= 15 is 0 Å². The zero-order valence-corrected chi connectivity index (χ0v) is 14.0. The van der Waals surface area contributed by atoms with Crippen LogP contribution in [0.15, 0.2) is 65.5 Å². The summed E-state index contributed by atoms with van der Waals surface area (Å²) < 4.78 is 6.90. The minimum absolute atomic E-state index is 0.194. The predicted molar refractivity (Wildman–Crippen MR) is 95.0 cm³/mol. The Balaban J connectivity index is 1.49. The Morgan fingerprint density at radius 3 is 2.88 bits per heavy atom. The van der Waals surface area contributed by atoms with Crippen molar-refractivity contribution in [1.29, 1.82) is 0 Å². The molecular formula is C19H18N4O3. The Morgan fingerprint density at radius 2 is 2.12 bits per heavy atom. The molecule has 26 heavy (non-hydrogen) atoms. The van der Waals surface area contributed by atoms with E-state index < -0.39 is 6.04 Å². The van der Waals surface area contributed by atoms with Crippen LogP contribution in [0.4, 0.5) is 5.69 Å². The molecule has 0 radical (unpaired) electrons. The number of rotatable bonds is 4. The molecule has 1 saturated heterocycles. The molecule has 3 heterocycles. The van der Waals surface area contributed by atoms with E-state index in [0.717, 1.165) is 12.1 Å². The predicted octanol–water partition coefficient (Wildman–Crippen LogP) is 2.71. The fraction of sp³-hybridized carbons (Fsp3) is 0.211. The quantitative estimate of drug-likeness (QED) is 0.784. The Kier molecular flexibility index (Phi) is 4.27. The largest absolute Gasteiger partial charge is 0.459 e. The average molecular weight is 350 g/mol. The van der Waals surface area contributed by atoms with Crippen LogP contribution in [0, 0.1) is 0 Å². The molecule has 0 spiro atoms. The van der Waals surface area contributed by atoms with Crippen LogP contribution in [0.3, 0.4) is 0 Å². The number of carbonyl (C=O) groups is 2. The molecule has 1 aliphatic heterocycles. The molecule has 1 aromatic carbocycles. The third-order valence-electron chi connectivity index (χ3n) is 4.43. The molecule has 0 aliphatic carbocycles. The number of likely N-dealkylation sites (tertiary alicyclic amines) is 1. The van der Waals surface area contributed by atoms with E-state index in [1.807, 2.05) is 36.5 Å². The maximum Gasteiger partial charge on any atom is 0.290 e. The van der Waals surface area contributed by atoms with E-state index in [1.165, 1.54) is 6.26 Å². The van der Waals surface area contributed by atoms with Crippen LogP contribution in [0.5, 0.6) is 0 Å². The second-order valence-electron chi connectivity index (χ2n) is 6.12. The van der Waals surface area contributed by atoms with Crippen LogP contribution in [0.2, 0.25) is 0 Å². The van der Waals surface area contributed by atoms with Crippen molar-refractivity contribution >= 4 is 17.5 Å². The van der Waals surface area contributed by atoms with Gasteiger partial charge in [0, 0.05) is 24.6 Å². The van der Waals surface area contributed by atoms with Gasteiger partial charge in [0.1, 0.15) is 6.04 Å². The first-order valence-corrected chi connectivity index (χ1v) is 8.48. The number of carbonyl (C=O) groups excluding carboxylic acids is 2. The summed E-state index contributed by atoms with van der Waals surface area (Å²) in [6, 6.07) is 12.0. The number of hydrogen-bond acceptors (Lipinski definition) is 4. The second kappa shape index (κ2) is 6.87. The topological polar surface area (TPSA) is 80.4 Å². The smallest absolute Gasteiger partial charge is 0.290 e. The number of anilines is 1. The lowest BCUT2D eigenvalue weighted by molar-refractivity contribution is -0.119. The molecule has 132 valence electrons. The van der Waals surface area contributed by atoms with Gasteiger partial charge in [0.05, 0.1) is 12.0 Å². The number of aromatic nitrogens is 2. The van der Waals surface area contributed by atoms with Crippen molar-refractivity contribution in [2.45, 2.75) is 18.9 Å². The van der Waals surface area contributed by atoms with Crippen LogP contribution in [0.1, 0.15) is 23.4 Å². The van der Waals surface area contributed by atoms with Crippen LogP contribution >= 0.6 is 0 Å². The van der Waals surface area contributed by atoms with Crippen LogP contribution in [-0.4, -0.2) is 39.1 Å². The molecule has 2 amide bonds. The van der Waals surface area contributed by atoms with E-state index in [-0.39, 0.29) is 17.6 Å². The molecule has 1 aliphatic rings. The lowest BCUT2D eigenvalue weighted by Gasteiger charge is -2.23. The van der Waals surface area contributed by atoms with Crippen molar-refractivity contribution in [3.63, 3.8) is 0 Å². The van der Waals surface area contributed by atoms with Gasteiger partial charge in [-0.05, 0) is 49.2 Å². The van der Waals surface area contributed by atoms with Crippen molar-refractivity contribution in [1.82, 2.24) is 14.7 Å². The van der Waals surface area contributed by atoms with Crippen LogP contribution in [0.25, 0.3) is 5.69 Å². The Hall–Kier alpha value is -3.35. The van der Waals surface area contributed by atoms with Gasteiger partial charge in [-0.15, -0.1) is 0 Å². The summed E-state index contributed by atoms with van der Waals surface area (Å²) in [7, 11) is 0. The van der Waals surface area contributed by atoms with Crippen molar-refractivity contribution in [2.24, 2.45) is 0 Å². The summed E-state index contributed by atoms with van der Waals surface area (Å²) in [5.74, 6) is -0.191. The van der Waals surface area contributed by atoms with Gasteiger partial charge in [0.2, 0.25) is 5.91 Å². The first kappa shape index (κ1) is 16.1. The molecule has 4 rings (SSSR count). The Morgan fingerprint density at radius 1 is 1.19 bits per heavy atom. The number of amides is 2. The normalized spacial score (nSPS) is 16.6. The summed E-state index contributed by atoms with van der Waals surface area (Å²) in [5, 5.41) is 7.10. The van der Waals surface area contributed by atoms with Crippen molar-refractivity contribution < 1.29 is 14.0 Å². The van der Waals surface area contributed by atoms with Crippen molar-refractivity contribution in [3.8, 4) is 5.69 Å². The van der Waals surface area contributed by atoms with E-state index in [1.54, 1.807) is 27.9 Å². The third-order valence-corrected chi connectivity index (χ3v) is 4.43. The molecule has 3 aromatic rings. The maximum absolute atomic E-state index is 12.7. The maximum atomic E-state index is 12.7. The summed E-state index contributed by atoms with van der Waals surface area (Å²) in [6.07, 6.45) is 6.41. The molecule has 1 fully saturated rings. The minimum atomic E-state index is -0.499. The Labute approximate surface area is 150 Å². The van der Waals surface area contributed by atoms with E-state index in [0.29, 0.717) is 18.7 Å². The van der Waals surface area contributed by atoms with Gasteiger partial charge < -0.3 is 14.6 Å². The standard InChI is InChI=1S/C19H18N4O3/c24-18(16-7-2-10-22(16)19(25)17-8-3-12-26-17)21-14-5-1-6-15(13-14)23-11-4-9-20-23/h1,3-6,8-9,11-13,16H,2,7,10H2,(H,21,24). The van der Waals surface area contributed by atoms with Gasteiger partial charge in [-0.2, -0.15) is 5.10 Å². The molecular weight excluding hydrogens is 332 g/mol. The molecule has 0 bridgehead atoms. The van der Waals surface area contributed by atoms with Crippen LogP contribution < -0.4 is 5.32 Å². The van der Waals surface area contributed by atoms with Gasteiger partial charge in [-0.1, -0.05) is 6.07 Å². The monoisotopic (exact) mass is 350 g/mol. The number of nitrogens with zero attached hydrogens (tertiary/aromatic N) is 3. The lowest BCUT2D eigenvalue weighted by Crippen LogP contribution is -2.43. The van der Waals surface area contributed by atoms with E-state index in [9.17, 15) is 9.59 Å².